The van der Waals surface area contributed by atoms with Gasteiger partial charge in [-0.05, 0) is 61.6 Å². The molecule has 8 nitrogen and oxygen atoms in total. The van der Waals surface area contributed by atoms with Crippen LogP contribution in [0.5, 0.6) is 5.75 Å². The molecule has 0 aromatic heterocycles. The van der Waals surface area contributed by atoms with Crippen molar-refractivity contribution in [2.45, 2.75) is 56.4 Å². The Morgan fingerprint density at radius 3 is 2.53 bits per heavy atom. The molecule has 182 valence electrons. The number of benzene rings is 2. The minimum Gasteiger partial charge on any atom is -0.495 e. The van der Waals surface area contributed by atoms with Crippen molar-refractivity contribution in [2.75, 3.05) is 23.9 Å². The van der Waals surface area contributed by atoms with Crippen molar-refractivity contribution in [1.29, 1.82) is 0 Å². The molecule has 2 amide bonds. The van der Waals surface area contributed by atoms with E-state index >= 15 is 0 Å². The maximum absolute atomic E-state index is 13.0. The monoisotopic (exact) mass is 485 g/mol. The molecular weight excluding hydrogens is 454 g/mol. The molecule has 2 aromatic carbocycles. The van der Waals surface area contributed by atoms with Crippen LogP contribution in [0.2, 0.25) is 0 Å². The van der Waals surface area contributed by atoms with Crippen LogP contribution in [0.25, 0.3) is 0 Å². The highest BCUT2D eigenvalue weighted by molar-refractivity contribution is 7.89. The van der Waals surface area contributed by atoms with Crippen LogP contribution >= 0.6 is 0 Å². The number of carbonyl (C=O) groups is 2. The number of ether oxygens (including phenoxy) is 1. The molecule has 1 saturated heterocycles. The standard InChI is InChI=1S/C25H31N3O5S/c1-3-4-5-17-6-10-20(11-7-17)28-16-18(14-24(28)29)25(30)26-22-15-21(12-13-23(22)33-2)34(31,32)27-19-8-9-19/h6-7,10-13,15,18-19,27H,3-5,8-9,14,16H2,1-2H3,(H,26,30). The third-order valence-electron chi connectivity index (χ3n) is 6.20. The average molecular weight is 486 g/mol. The van der Waals surface area contributed by atoms with Gasteiger partial charge in [0.15, 0.2) is 0 Å². The Morgan fingerprint density at radius 2 is 1.88 bits per heavy atom. The fraction of sp³-hybridized carbons (Fsp3) is 0.440. The topological polar surface area (TPSA) is 105 Å². The zero-order valence-electron chi connectivity index (χ0n) is 19.5. The molecule has 1 heterocycles. The highest BCUT2D eigenvalue weighted by atomic mass is 32.2. The van der Waals surface area contributed by atoms with Gasteiger partial charge in [-0.1, -0.05) is 25.5 Å². The zero-order valence-corrected chi connectivity index (χ0v) is 20.4. The van der Waals surface area contributed by atoms with Gasteiger partial charge in [-0.3, -0.25) is 9.59 Å². The lowest BCUT2D eigenvalue weighted by molar-refractivity contribution is -0.122. The molecule has 2 aromatic rings. The second-order valence-electron chi connectivity index (χ2n) is 8.92. The summed E-state index contributed by atoms with van der Waals surface area (Å²) in [4.78, 5) is 27.4. The minimum atomic E-state index is -3.68. The number of nitrogens with zero attached hydrogens (tertiary/aromatic N) is 1. The van der Waals surface area contributed by atoms with Gasteiger partial charge in [0, 0.05) is 24.7 Å². The van der Waals surface area contributed by atoms with Crippen molar-refractivity contribution in [3.8, 4) is 5.75 Å². The van der Waals surface area contributed by atoms with Crippen LogP contribution in [0.3, 0.4) is 0 Å². The molecule has 34 heavy (non-hydrogen) atoms. The first-order valence-corrected chi connectivity index (χ1v) is 13.2. The van der Waals surface area contributed by atoms with Crippen LogP contribution in [-0.4, -0.2) is 39.9 Å². The quantitative estimate of drug-likeness (QED) is 0.536. The van der Waals surface area contributed by atoms with Crippen LogP contribution in [-0.2, 0) is 26.0 Å². The zero-order chi connectivity index (χ0) is 24.3. The Kier molecular flexibility index (Phi) is 7.23. The van der Waals surface area contributed by atoms with Gasteiger partial charge in [0.1, 0.15) is 5.75 Å². The van der Waals surface area contributed by atoms with Gasteiger partial charge in [0.05, 0.1) is 23.6 Å². The summed E-state index contributed by atoms with van der Waals surface area (Å²) in [5.74, 6) is -0.666. The van der Waals surface area contributed by atoms with Gasteiger partial charge in [0.2, 0.25) is 21.8 Å². The lowest BCUT2D eigenvalue weighted by atomic mass is 10.1. The predicted octanol–water partition coefficient (Wildman–Crippen LogP) is 3.47. The molecule has 2 N–H and O–H groups in total. The van der Waals surface area contributed by atoms with E-state index in [4.69, 9.17) is 4.74 Å². The summed E-state index contributed by atoms with van der Waals surface area (Å²) in [6.07, 6.45) is 4.99. The van der Waals surface area contributed by atoms with Crippen LogP contribution in [0.15, 0.2) is 47.4 Å². The van der Waals surface area contributed by atoms with Gasteiger partial charge in [0.25, 0.3) is 0 Å². The number of aryl methyl sites for hydroxylation is 1. The third-order valence-corrected chi connectivity index (χ3v) is 7.72. The van der Waals surface area contributed by atoms with Crippen LogP contribution in [0.1, 0.15) is 44.6 Å². The first-order valence-electron chi connectivity index (χ1n) is 11.7. The maximum Gasteiger partial charge on any atom is 0.240 e. The molecule has 1 aliphatic heterocycles. The lowest BCUT2D eigenvalue weighted by Crippen LogP contribution is -2.28. The van der Waals surface area contributed by atoms with Crippen molar-refractivity contribution >= 4 is 33.2 Å². The number of unbranched alkanes of at least 4 members (excludes halogenated alkanes) is 1. The summed E-state index contributed by atoms with van der Waals surface area (Å²) in [6.45, 7) is 2.42. The Bertz CT molecular complexity index is 1160. The summed E-state index contributed by atoms with van der Waals surface area (Å²) in [6, 6.07) is 12.2. The Labute approximate surface area is 200 Å². The number of nitrogens with one attached hydrogen (secondary N) is 2. The minimum absolute atomic E-state index is 0.0265. The van der Waals surface area contributed by atoms with Crippen LogP contribution in [0, 0.1) is 5.92 Å². The molecule has 4 rings (SSSR count). The normalized spacial score (nSPS) is 18.2. The summed E-state index contributed by atoms with van der Waals surface area (Å²) < 4.78 is 33.1. The molecule has 9 heteroatoms. The second kappa shape index (κ2) is 10.1. The largest absolute Gasteiger partial charge is 0.495 e. The number of methoxy groups -OCH3 is 1. The van der Waals surface area contributed by atoms with E-state index < -0.39 is 15.9 Å². The molecule has 1 atom stereocenters. The van der Waals surface area contributed by atoms with E-state index in [-0.39, 0.29) is 41.4 Å². The van der Waals surface area contributed by atoms with E-state index in [1.807, 2.05) is 24.3 Å². The van der Waals surface area contributed by atoms with E-state index in [9.17, 15) is 18.0 Å². The molecule has 1 saturated carbocycles. The van der Waals surface area contributed by atoms with Gasteiger partial charge in [-0.2, -0.15) is 0 Å². The lowest BCUT2D eigenvalue weighted by Gasteiger charge is -2.18. The number of carbonyl (C=O) groups excluding carboxylic acids is 2. The molecule has 0 spiro atoms. The van der Waals surface area contributed by atoms with E-state index in [0.29, 0.717) is 5.75 Å². The summed E-state index contributed by atoms with van der Waals surface area (Å²) >= 11 is 0. The number of hydrogen-bond donors (Lipinski definition) is 2. The van der Waals surface area contributed by atoms with Crippen molar-refractivity contribution in [3.05, 3.63) is 48.0 Å². The van der Waals surface area contributed by atoms with Crippen LogP contribution in [0.4, 0.5) is 11.4 Å². The molecule has 0 bridgehead atoms. The highest BCUT2D eigenvalue weighted by Gasteiger charge is 2.35. The first-order chi connectivity index (χ1) is 16.3. The Hall–Kier alpha value is -2.91. The van der Waals surface area contributed by atoms with Crippen molar-refractivity contribution < 1.29 is 22.7 Å². The van der Waals surface area contributed by atoms with Crippen molar-refractivity contribution in [1.82, 2.24) is 4.72 Å². The number of anilines is 2. The SMILES string of the molecule is CCCCc1ccc(N2CC(C(=O)Nc3cc(S(=O)(=O)NC4CC4)ccc3OC)CC2=O)cc1. The maximum atomic E-state index is 13.0. The highest BCUT2D eigenvalue weighted by Crippen LogP contribution is 2.31. The molecular formula is C25H31N3O5S. The van der Waals surface area contributed by atoms with Crippen molar-refractivity contribution in [3.63, 3.8) is 0 Å². The van der Waals surface area contributed by atoms with E-state index in [1.54, 1.807) is 4.90 Å². The summed E-state index contributed by atoms with van der Waals surface area (Å²) in [5, 5.41) is 2.77. The van der Waals surface area contributed by atoms with E-state index in [0.717, 1.165) is 37.8 Å². The summed E-state index contributed by atoms with van der Waals surface area (Å²) in [5.41, 5.74) is 2.26. The third kappa shape index (κ3) is 5.59. The molecule has 2 aliphatic rings. The van der Waals surface area contributed by atoms with Gasteiger partial charge < -0.3 is 15.0 Å². The fourth-order valence-electron chi connectivity index (χ4n) is 4.03. The van der Waals surface area contributed by atoms with Gasteiger partial charge in [-0.15, -0.1) is 0 Å². The van der Waals surface area contributed by atoms with Gasteiger partial charge >= 0.3 is 0 Å². The molecule has 2 fully saturated rings. The van der Waals surface area contributed by atoms with E-state index in [1.165, 1.54) is 30.9 Å². The number of amides is 2. The number of rotatable bonds is 10. The van der Waals surface area contributed by atoms with Crippen molar-refractivity contribution in [2.24, 2.45) is 5.92 Å². The second-order valence-corrected chi connectivity index (χ2v) is 10.6. The Balaban J connectivity index is 1.45. The summed E-state index contributed by atoms with van der Waals surface area (Å²) in [7, 11) is -2.23. The number of sulfonamides is 1. The van der Waals surface area contributed by atoms with E-state index in [2.05, 4.69) is 17.0 Å². The predicted molar refractivity (Wildman–Crippen MR) is 130 cm³/mol. The fourth-order valence-corrected chi connectivity index (χ4v) is 5.36. The smallest absolute Gasteiger partial charge is 0.240 e. The molecule has 1 aliphatic carbocycles. The molecule has 0 radical (unpaired) electrons. The average Bonchev–Trinajstić information content (AvgIpc) is 3.54. The Morgan fingerprint density at radius 1 is 1.15 bits per heavy atom. The molecule has 1 unspecified atom stereocenters. The van der Waals surface area contributed by atoms with Gasteiger partial charge in [-0.25, -0.2) is 13.1 Å². The first kappa shape index (κ1) is 24.2. The van der Waals surface area contributed by atoms with Crippen LogP contribution < -0.4 is 19.7 Å². The number of hydrogen-bond acceptors (Lipinski definition) is 5.